The standard InChI is InChI=1S/C23H26N2OS/c1-2-9-25-19(3-1)22-7-10-24-18-13-16-5-12-27-21(16)20(18)17-4-6-23(14-17,15-22)26-11-8-22/h1-3,5,9,12,18,24H,4,6-8,10-11,13-15H2/b20-17-/t18?,22-,23?/m1/s1. The van der Waals surface area contributed by atoms with Gasteiger partial charge < -0.3 is 10.1 Å². The maximum Gasteiger partial charge on any atom is 0.0731 e. The highest BCUT2D eigenvalue weighted by Gasteiger charge is 2.51. The van der Waals surface area contributed by atoms with Gasteiger partial charge in [-0.3, -0.25) is 4.98 Å². The van der Waals surface area contributed by atoms with Crippen molar-refractivity contribution < 1.29 is 4.74 Å². The van der Waals surface area contributed by atoms with Crippen LogP contribution in [0, 0.1) is 0 Å². The quantitative estimate of drug-likeness (QED) is 0.794. The first-order chi connectivity index (χ1) is 13.3. The Kier molecular flexibility index (Phi) is 3.66. The van der Waals surface area contributed by atoms with Crippen LogP contribution in [-0.2, 0) is 16.6 Å². The van der Waals surface area contributed by atoms with Crippen molar-refractivity contribution in [2.24, 2.45) is 0 Å². The molecule has 0 aromatic carbocycles. The van der Waals surface area contributed by atoms with Gasteiger partial charge in [0.2, 0.25) is 0 Å². The summed E-state index contributed by atoms with van der Waals surface area (Å²) in [5, 5.41) is 6.21. The zero-order valence-electron chi connectivity index (χ0n) is 15.7. The van der Waals surface area contributed by atoms with E-state index in [1.165, 1.54) is 18.5 Å². The van der Waals surface area contributed by atoms with Crippen LogP contribution in [-0.4, -0.2) is 29.8 Å². The van der Waals surface area contributed by atoms with E-state index in [0.717, 1.165) is 45.3 Å². The molecule has 0 radical (unpaired) electrons. The van der Waals surface area contributed by atoms with Gasteiger partial charge in [0, 0.05) is 34.8 Å². The molecule has 4 aliphatic rings. The number of rotatable bonds is 1. The summed E-state index contributed by atoms with van der Waals surface area (Å²) in [7, 11) is 0. The average Bonchev–Trinajstić information content (AvgIpc) is 3.37. The first-order valence-electron chi connectivity index (χ1n) is 10.3. The SMILES string of the molecule is c1ccc([C@@]23CCNC4Cc5ccsc5/C4=C4/CCC(C4)(C2)OCC3)nc1. The van der Waals surface area contributed by atoms with Gasteiger partial charge in [0.15, 0.2) is 0 Å². The molecule has 3 atom stereocenters. The molecule has 3 nitrogen and oxygen atoms in total. The maximum absolute atomic E-state index is 6.54. The Morgan fingerprint density at radius 3 is 3.11 bits per heavy atom. The Bertz CT molecular complexity index is 904. The predicted molar refractivity (Wildman–Crippen MR) is 109 cm³/mol. The van der Waals surface area contributed by atoms with Gasteiger partial charge in [0.1, 0.15) is 0 Å². The third kappa shape index (κ3) is 2.50. The first-order valence-corrected chi connectivity index (χ1v) is 11.2. The van der Waals surface area contributed by atoms with Crippen molar-refractivity contribution in [1.82, 2.24) is 10.3 Å². The molecular formula is C23H26N2OS. The molecule has 1 saturated carbocycles. The lowest BCUT2D eigenvalue weighted by Gasteiger charge is -2.47. The summed E-state index contributed by atoms with van der Waals surface area (Å²) >= 11 is 1.93. The van der Waals surface area contributed by atoms with Crippen molar-refractivity contribution in [1.29, 1.82) is 0 Å². The number of hydrogen-bond acceptors (Lipinski definition) is 4. The number of pyridine rings is 1. The maximum atomic E-state index is 6.54. The first kappa shape index (κ1) is 16.5. The fraction of sp³-hybridized carbons (Fsp3) is 0.522. The predicted octanol–water partition coefficient (Wildman–Crippen LogP) is 4.49. The second-order valence-corrected chi connectivity index (χ2v) is 9.80. The number of aromatic nitrogens is 1. The number of nitrogens with zero attached hydrogens (tertiary/aromatic N) is 1. The third-order valence-electron chi connectivity index (χ3n) is 7.41. The Balaban J connectivity index is 1.44. The minimum atomic E-state index is 0.0278. The zero-order valence-corrected chi connectivity index (χ0v) is 16.5. The number of nitrogens with one attached hydrogen (secondary N) is 1. The van der Waals surface area contributed by atoms with Crippen molar-refractivity contribution in [3.63, 3.8) is 0 Å². The molecule has 4 heterocycles. The minimum Gasteiger partial charge on any atom is -0.375 e. The molecule has 140 valence electrons. The molecule has 2 fully saturated rings. The molecule has 1 saturated heterocycles. The van der Waals surface area contributed by atoms with Crippen LogP contribution >= 0.6 is 11.3 Å². The van der Waals surface area contributed by atoms with E-state index >= 15 is 0 Å². The van der Waals surface area contributed by atoms with Gasteiger partial charge in [-0.2, -0.15) is 0 Å². The third-order valence-corrected chi connectivity index (χ3v) is 8.40. The fourth-order valence-corrected chi connectivity index (χ4v) is 7.27. The van der Waals surface area contributed by atoms with Crippen molar-refractivity contribution in [2.45, 2.75) is 62.0 Å². The van der Waals surface area contributed by atoms with E-state index in [-0.39, 0.29) is 11.0 Å². The second kappa shape index (κ2) is 6.00. The summed E-state index contributed by atoms with van der Waals surface area (Å²) in [6.45, 7) is 1.93. The molecule has 4 heteroatoms. The number of hydrogen-bond donors (Lipinski definition) is 1. The fourth-order valence-electron chi connectivity index (χ4n) is 6.18. The molecule has 2 unspecified atom stereocenters. The van der Waals surface area contributed by atoms with Gasteiger partial charge in [0.25, 0.3) is 0 Å². The molecule has 2 aromatic heterocycles. The van der Waals surface area contributed by atoms with Crippen molar-refractivity contribution in [3.05, 3.63) is 57.6 Å². The smallest absolute Gasteiger partial charge is 0.0731 e. The number of fused-ring (bicyclic) bond motifs is 5. The highest BCUT2D eigenvalue weighted by atomic mass is 32.1. The van der Waals surface area contributed by atoms with Crippen LogP contribution < -0.4 is 5.32 Å². The summed E-state index contributed by atoms with van der Waals surface area (Å²) in [5.41, 5.74) is 6.29. The molecule has 27 heavy (non-hydrogen) atoms. The lowest BCUT2D eigenvalue weighted by Crippen LogP contribution is -2.48. The number of ether oxygens (including phenoxy) is 1. The highest BCUT2D eigenvalue weighted by molar-refractivity contribution is 7.11. The second-order valence-electron chi connectivity index (χ2n) is 8.88. The molecule has 1 N–H and O–H groups in total. The molecule has 6 rings (SSSR count). The molecule has 1 spiro atoms. The Morgan fingerprint density at radius 2 is 2.19 bits per heavy atom. The van der Waals surface area contributed by atoms with Crippen LogP contribution in [0.15, 0.2) is 41.4 Å². The van der Waals surface area contributed by atoms with Crippen LogP contribution in [0.25, 0.3) is 5.57 Å². The Labute approximate surface area is 164 Å². The van der Waals surface area contributed by atoms with E-state index in [9.17, 15) is 0 Å². The summed E-state index contributed by atoms with van der Waals surface area (Å²) in [6, 6.07) is 9.26. The Hall–Kier alpha value is -1.49. The molecule has 2 aromatic rings. The van der Waals surface area contributed by atoms with Gasteiger partial charge in [0.05, 0.1) is 5.60 Å². The monoisotopic (exact) mass is 378 g/mol. The normalized spacial score (nSPS) is 37.7. The highest BCUT2D eigenvalue weighted by Crippen LogP contribution is 2.54. The van der Waals surface area contributed by atoms with Crippen LogP contribution in [0.5, 0.6) is 0 Å². The summed E-state index contributed by atoms with van der Waals surface area (Å²) in [6.07, 6.45) is 9.98. The topological polar surface area (TPSA) is 34.1 Å². The average molecular weight is 379 g/mol. The van der Waals surface area contributed by atoms with Crippen LogP contribution in [0.2, 0.25) is 0 Å². The number of thiophene rings is 1. The van der Waals surface area contributed by atoms with Gasteiger partial charge in [-0.25, -0.2) is 0 Å². The summed E-state index contributed by atoms with van der Waals surface area (Å²) in [5.74, 6) is 0. The van der Waals surface area contributed by atoms with E-state index in [0.29, 0.717) is 6.04 Å². The van der Waals surface area contributed by atoms with Crippen molar-refractivity contribution in [2.75, 3.05) is 13.2 Å². The molecule has 2 aliphatic heterocycles. The van der Waals surface area contributed by atoms with E-state index in [4.69, 9.17) is 9.72 Å². The lowest BCUT2D eigenvalue weighted by atomic mass is 9.67. The summed E-state index contributed by atoms with van der Waals surface area (Å²) < 4.78 is 6.54. The van der Waals surface area contributed by atoms with Gasteiger partial charge in [-0.15, -0.1) is 11.3 Å². The van der Waals surface area contributed by atoms with Gasteiger partial charge >= 0.3 is 0 Å². The lowest BCUT2D eigenvalue weighted by molar-refractivity contribution is -0.102. The van der Waals surface area contributed by atoms with E-state index in [2.05, 4.69) is 28.9 Å². The molecule has 2 aliphatic carbocycles. The molecule has 3 bridgehead atoms. The zero-order chi connectivity index (χ0) is 17.9. The van der Waals surface area contributed by atoms with E-state index in [1.54, 1.807) is 21.6 Å². The van der Waals surface area contributed by atoms with Gasteiger partial charge in [-0.05, 0) is 86.2 Å². The molecular weight excluding hydrogens is 352 g/mol. The van der Waals surface area contributed by atoms with E-state index < -0.39 is 0 Å². The van der Waals surface area contributed by atoms with Crippen molar-refractivity contribution >= 4 is 16.9 Å². The van der Waals surface area contributed by atoms with Crippen LogP contribution in [0.4, 0.5) is 0 Å². The van der Waals surface area contributed by atoms with Crippen LogP contribution in [0.3, 0.4) is 0 Å². The van der Waals surface area contributed by atoms with Gasteiger partial charge in [-0.1, -0.05) is 11.6 Å². The largest absolute Gasteiger partial charge is 0.375 e. The summed E-state index contributed by atoms with van der Waals surface area (Å²) in [4.78, 5) is 6.36. The van der Waals surface area contributed by atoms with E-state index in [1.807, 2.05) is 23.6 Å². The van der Waals surface area contributed by atoms with Crippen LogP contribution in [0.1, 0.15) is 54.7 Å². The van der Waals surface area contributed by atoms with Crippen molar-refractivity contribution in [3.8, 4) is 0 Å². The minimum absolute atomic E-state index is 0.0278. The molecule has 0 amide bonds. The Morgan fingerprint density at radius 1 is 1.19 bits per heavy atom.